The summed E-state index contributed by atoms with van der Waals surface area (Å²) in [6.45, 7) is 10.7. The minimum absolute atomic E-state index is 0.133. The van der Waals surface area contributed by atoms with E-state index in [1.54, 1.807) is 0 Å². The molecule has 0 saturated heterocycles. The van der Waals surface area contributed by atoms with Gasteiger partial charge in [0.05, 0.1) is 0 Å². The van der Waals surface area contributed by atoms with Crippen LogP contribution in [0.15, 0.2) is 0 Å². The van der Waals surface area contributed by atoms with Crippen LogP contribution in [0.1, 0.15) is 47.5 Å². The van der Waals surface area contributed by atoms with Gasteiger partial charge in [0.15, 0.2) is 0 Å². The lowest BCUT2D eigenvalue weighted by atomic mass is 9.65. The van der Waals surface area contributed by atoms with Gasteiger partial charge in [-0.3, -0.25) is 0 Å². The minimum Gasteiger partial charge on any atom is -0.247 e. The molecule has 1 saturated carbocycles. The largest absolute Gasteiger partial charge is 0.247 e. The van der Waals surface area contributed by atoms with Crippen LogP contribution in [0.2, 0.25) is 0 Å². The molecule has 78 valence electrons. The fourth-order valence-corrected chi connectivity index (χ4v) is 2.46. The van der Waals surface area contributed by atoms with Crippen molar-refractivity contribution >= 4 is 0 Å². The Morgan fingerprint density at radius 1 is 1.08 bits per heavy atom. The molecule has 1 aliphatic rings. The molecule has 0 amide bonds. The molecule has 1 fully saturated rings. The van der Waals surface area contributed by atoms with Gasteiger partial charge >= 0.3 is 0 Å². The van der Waals surface area contributed by atoms with Crippen molar-refractivity contribution in [1.29, 1.82) is 0 Å². The third kappa shape index (κ3) is 2.24. The van der Waals surface area contributed by atoms with Crippen molar-refractivity contribution in [2.45, 2.75) is 53.6 Å². The van der Waals surface area contributed by atoms with Gasteiger partial charge in [-0.2, -0.15) is 0 Å². The van der Waals surface area contributed by atoms with Gasteiger partial charge in [-0.1, -0.05) is 34.6 Å². The summed E-state index contributed by atoms with van der Waals surface area (Å²) >= 11 is 0. The summed E-state index contributed by atoms with van der Waals surface area (Å²) in [5, 5.41) is 0. The smallest absolute Gasteiger partial charge is 0.106 e. The van der Waals surface area contributed by atoms with E-state index in [1.807, 2.05) is 0 Å². The van der Waals surface area contributed by atoms with E-state index in [1.165, 1.54) is 6.42 Å². The summed E-state index contributed by atoms with van der Waals surface area (Å²) in [6.07, 6.45) is 1.67. The van der Waals surface area contributed by atoms with Gasteiger partial charge in [-0.15, -0.1) is 0 Å². The minimum atomic E-state index is -0.594. The zero-order chi connectivity index (χ0) is 10.2. The normalized spacial score (nSPS) is 42.0. The lowest BCUT2D eigenvalue weighted by molar-refractivity contribution is 0.0101. The molecule has 0 radical (unpaired) electrons. The highest BCUT2D eigenvalue weighted by Crippen LogP contribution is 2.44. The average molecular weight is 186 g/mol. The topological polar surface area (TPSA) is 0 Å². The molecule has 0 N–H and O–H groups in total. The highest BCUT2D eigenvalue weighted by Gasteiger charge is 2.40. The third-order valence-electron chi connectivity index (χ3n) is 3.83. The van der Waals surface area contributed by atoms with E-state index >= 15 is 0 Å². The van der Waals surface area contributed by atoms with Crippen LogP contribution in [0.25, 0.3) is 0 Å². The maximum absolute atomic E-state index is 14.0. The Morgan fingerprint density at radius 2 is 1.62 bits per heavy atom. The maximum Gasteiger partial charge on any atom is 0.106 e. The average Bonchev–Trinajstić information content (AvgIpc) is 1.98. The molecule has 0 aromatic carbocycles. The van der Waals surface area contributed by atoms with Crippen LogP contribution < -0.4 is 0 Å². The highest BCUT2D eigenvalue weighted by molar-refractivity contribution is 4.89. The zero-order valence-corrected chi connectivity index (χ0v) is 9.60. The summed E-state index contributed by atoms with van der Waals surface area (Å²) in [4.78, 5) is 0. The molecule has 0 bridgehead atoms. The Labute approximate surface area is 81.9 Å². The number of rotatable bonds is 0. The second kappa shape index (κ2) is 3.59. The van der Waals surface area contributed by atoms with E-state index < -0.39 is 6.17 Å². The second-order valence-corrected chi connectivity index (χ2v) is 5.83. The summed E-state index contributed by atoms with van der Waals surface area (Å²) in [7, 11) is 0. The Bertz CT molecular complexity index is 168. The summed E-state index contributed by atoms with van der Waals surface area (Å²) in [5.74, 6) is 1.07. The van der Waals surface area contributed by atoms with E-state index in [9.17, 15) is 4.39 Å². The third-order valence-corrected chi connectivity index (χ3v) is 3.83. The zero-order valence-electron chi connectivity index (χ0n) is 9.60. The fourth-order valence-electron chi connectivity index (χ4n) is 2.46. The molecule has 1 aliphatic carbocycles. The standard InChI is InChI=1S/C12H23F/c1-8-6-7-10(12(3,4)5)11(13)9(8)2/h8-11H,6-7H2,1-5H3. The molecular formula is C12H23F. The van der Waals surface area contributed by atoms with Crippen LogP contribution in [0.3, 0.4) is 0 Å². The van der Waals surface area contributed by atoms with E-state index in [0.29, 0.717) is 5.92 Å². The Hall–Kier alpha value is -0.0700. The maximum atomic E-state index is 14.0. The van der Waals surface area contributed by atoms with Gasteiger partial charge < -0.3 is 0 Å². The van der Waals surface area contributed by atoms with Crippen molar-refractivity contribution in [1.82, 2.24) is 0 Å². The lowest BCUT2D eigenvalue weighted by Crippen LogP contribution is -2.40. The van der Waals surface area contributed by atoms with Crippen LogP contribution >= 0.6 is 0 Å². The highest BCUT2D eigenvalue weighted by atomic mass is 19.1. The molecule has 0 heterocycles. The van der Waals surface area contributed by atoms with Crippen molar-refractivity contribution in [3.05, 3.63) is 0 Å². The van der Waals surface area contributed by atoms with E-state index in [2.05, 4.69) is 34.6 Å². The van der Waals surface area contributed by atoms with E-state index in [-0.39, 0.29) is 17.3 Å². The van der Waals surface area contributed by atoms with Crippen LogP contribution in [-0.4, -0.2) is 6.17 Å². The summed E-state index contributed by atoms with van der Waals surface area (Å²) in [5.41, 5.74) is 0.133. The second-order valence-electron chi connectivity index (χ2n) is 5.83. The number of alkyl halides is 1. The van der Waals surface area contributed by atoms with Crippen molar-refractivity contribution in [3.8, 4) is 0 Å². The van der Waals surface area contributed by atoms with E-state index in [0.717, 1.165) is 6.42 Å². The van der Waals surface area contributed by atoms with Gasteiger partial charge in [0.1, 0.15) is 6.17 Å². The van der Waals surface area contributed by atoms with E-state index in [4.69, 9.17) is 0 Å². The lowest BCUT2D eigenvalue weighted by Gasteiger charge is -2.42. The van der Waals surface area contributed by atoms with Crippen LogP contribution in [0.4, 0.5) is 4.39 Å². The van der Waals surface area contributed by atoms with Crippen molar-refractivity contribution in [3.63, 3.8) is 0 Å². The first kappa shape index (κ1) is 11.0. The first-order valence-electron chi connectivity index (χ1n) is 5.48. The Balaban J connectivity index is 2.70. The molecule has 13 heavy (non-hydrogen) atoms. The van der Waals surface area contributed by atoms with Crippen molar-refractivity contribution < 1.29 is 4.39 Å². The first-order valence-corrected chi connectivity index (χ1v) is 5.48. The number of hydrogen-bond acceptors (Lipinski definition) is 0. The molecule has 0 spiro atoms. The summed E-state index contributed by atoms with van der Waals surface area (Å²) < 4.78 is 14.0. The number of hydrogen-bond donors (Lipinski definition) is 0. The Morgan fingerprint density at radius 3 is 2.08 bits per heavy atom. The molecule has 1 heteroatoms. The fraction of sp³-hybridized carbons (Fsp3) is 1.00. The van der Waals surface area contributed by atoms with Crippen LogP contribution in [0, 0.1) is 23.2 Å². The Kier molecular flexibility index (Phi) is 3.04. The monoisotopic (exact) mass is 186 g/mol. The molecule has 1 rings (SSSR count). The predicted octanol–water partition coefficient (Wildman–Crippen LogP) is 4.05. The molecular weight excluding hydrogens is 163 g/mol. The molecule has 0 aliphatic heterocycles. The summed E-state index contributed by atoms with van der Waals surface area (Å²) in [6, 6.07) is 0. The number of halogens is 1. The first-order chi connectivity index (χ1) is 5.84. The molecule has 4 atom stereocenters. The van der Waals surface area contributed by atoms with Crippen molar-refractivity contribution in [2.24, 2.45) is 23.2 Å². The predicted molar refractivity (Wildman–Crippen MR) is 55.4 cm³/mol. The molecule has 0 aromatic heterocycles. The molecule has 0 aromatic rings. The van der Waals surface area contributed by atoms with Crippen LogP contribution in [0.5, 0.6) is 0 Å². The van der Waals surface area contributed by atoms with Gasteiger partial charge in [0.25, 0.3) is 0 Å². The molecule has 4 unspecified atom stereocenters. The van der Waals surface area contributed by atoms with Crippen LogP contribution in [-0.2, 0) is 0 Å². The molecule has 0 nitrogen and oxygen atoms in total. The van der Waals surface area contributed by atoms with Gasteiger partial charge in [-0.25, -0.2) is 4.39 Å². The van der Waals surface area contributed by atoms with Crippen molar-refractivity contribution in [2.75, 3.05) is 0 Å². The van der Waals surface area contributed by atoms with Gasteiger partial charge in [-0.05, 0) is 36.0 Å². The quantitative estimate of drug-likeness (QED) is 0.535. The van der Waals surface area contributed by atoms with Gasteiger partial charge in [0.2, 0.25) is 0 Å². The SMILES string of the molecule is CC1CCC(C(C)(C)C)C(F)C1C. The van der Waals surface area contributed by atoms with Gasteiger partial charge in [0, 0.05) is 0 Å².